The summed E-state index contributed by atoms with van der Waals surface area (Å²) < 4.78 is 11.6. The van der Waals surface area contributed by atoms with Crippen molar-refractivity contribution in [3.63, 3.8) is 0 Å². The molecular formula is C22H37NO4. The van der Waals surface area contributed by atoms with Gasteiger partial charge in [-0.2, -0.15) is 0 Å². The Morgan fingerprint density at radius 1 is 1.19 bits per heavy atom. The number of ketones is 1. The maximum Gasteiger partial charge on any atom is 0.159 e. The molecule has 0 fully saturated rings. The number of unbranched alkanes of at least 4 members (excludes halogenated alkanes) is 4. The number of aliphatic hydroxyl groups is 1. The average molecular weight is 380 g/mol. The van der Waals surface area contributed by atoms with Crippen LogP contribution in [0, 0.1) is 0 Å². The van der Waals surface area contributed by atoms with E-state index in [-0.39, 0.29) is 12.4 Å². The Bertz CT molecular complexity index is 545. The fourth-order valence-electron chi connectivity index (χ4n) is 2.66. The minimum Gasteiger partial charge on any atom is -0.490 e. The highest BCUT2D eigenvalue weighted by atomic mass is 16.5. The zero-order valence-electron chi connectivity index (χ0n) is 17.4. The second kappa shape index (κ2) is 13.7. The van der Waals surface area contributed by atoms with E-state index in [0.29, 0.717) is 37.1 Å². The predicted molar refractivity (Wildman–Crippen MR) is 110 cm³/mol. The standard InChI is InChI=1S/C22H37NO4/c1-5-6-7-8-9-12-26-15-20-13-19(18(4)24)10-11-22(20)27-16-21(25)14-23-17(2)3/h10-11,13,17,21,23,25H,5-9,12,14-16H2,1-4H3. The molecule has 1 aromatic rings. The Morgan fingerprint density at radius 2 is 1.93 bits per heavy atom. The largest absolute Gasteiger partial charge is 0.490 e. The molecule has 0 saturated carbocycles. The van der Waals surface area contributed by atoms with E-state index in [1.165, 1.54) is 25.7 Å². The molecule has 5 nitrogen and oxygen atoms in total. The van der Waals surface area contributed by atoms with Gasteiger partial charge in [0.2, 0.25) is 0 Å². The smallest absolute Gasteiger partial charge is 0.159 e. The zero-order valence-corrected chi connectivity index (χ0v) is 17.4. The molecule has 0 bridgehead atoms. The summed E-state index contributed by atoms with van der Waals surface area (Å²) >= 11 is 0. The molecule has 0 spiro atoms. The Kier molecular flexibility index (Phi) is 12.0. The van der Waals surface area contributed by atoms with Crippen LogP contribution < -0.4 is 10.1 Å². The minimum atomic E-state index is -0.591. The van der Waals surface area contributed by atoms with Crippen LogP contribution in [0.15, 0.2) is 18.2 Å². The van der Waals surface area contributed by atoms with Crippen molar-refractivity contribution in [2.24, 2.45) is 0 Å². The first-order chi connectivity index (χ1) is 12.9. The molecule has 0 radical (unpaired) electrons. The summed E-state index contributed by atoms with van der Waals surface area (Å²) in [4.78, 5) is 11.7. The molecule has 0 aliphatic rings. The first-order valence-corrected chi connectivity index (χ1v) is 10.2. The number of carbonyl (C=O) groups is 1. The Hall–Kier alpha value is -1.43. The van der Waals surface area contributed by atoms with Gasteiger partial charge in [-0.15, -0.1) is 0 Å². The van der Waals surface area contributed by atoms with E-state index < -0.39 is 6.10 Å². The molecule has 5 heteroatoms. The van der Waals surface area contributed by atoms with Gasteiger partial charge >= 0.3 is 0 Å². The lowest BCUT2D eigenvalue weighted by molar-refractivity contribution is 0.0954. The summed E-state index contributed by atoms with van der Waals surface area (Å²) in [6.45, 7) is 9.61. The van der Waals surface area contributed by atoms with Crippen LogP contribution >= 0.6 is 0 Å². The summed E-state index contributed by atoms with van der Waals surface area (Å²) in [7, 11) is 0. The third-order valence-electron chi connectivity index (χ3n) is 4.31. The Labute approximate surface area is 164 Å². The van der Waals surface area contributed by atoms with Crippen molar-refractivity contribution < 1.29 is 19.4 Å². The van der Waals surface area contributed by atoms with Crippen LogP contribution in [0.4, 0.5) is 0 Å². The molecule has 1 unspecified atom stereocenters. The molecule has 0 amide bonds. The molecule has 0 aliphatic carbocycles. The fraction of sp³-hybridized carbons (Fsp3) is 0.682. The third-order valence-corrected chi connectivity index (χ3v) is 4.31. The highest BCUT2D eigenvalue weighted by Crippen LogP contribution is 2.22. The van der Waals surface area contributed by atoms with E-state index in [1.54, 1.807) is 19.1 Å². The second-order valence-electron chi connectivity index (χ2n) is 7.37. The van der Waals surface area contributed by atoms with Crippen molar-refractivity contribution in [2.75, 3.05) is 19.8 Å². The van der Waals surface area contributed by atoms with Crippen LogP contribution in [-0.2, 0) is 11.3 Å². The van der Waals surface area contributed by atoms with E-state index in [0.717, 1.165) is 12.0 Å². The van der Waals surface area contributed by atoms with Crippen LogP contribution in [0.2, 0.25) is 0 Å². The number of rotatable bonds is 15. The first kappa shape index (κ1) is 23.6. The van der Waals surface area contributed by atoms with E-state index >= 15 is 0 Å². The number of Topliss-reactive ketones (excluding diaryl/α,β-unsaturated/α-hetero) is 1. The molecule has 0 aliphatic heterocycles. The summed E-state index contributed by atoms with van der Waals surface area (Å²) in [6.07, 6.45) is 5.38. The summed E-state index contributed by atoms with van der Waals surface area (Å²) in [5.41, 5.74) is 1.49. The van der Waals surface area contributed by atoms with Gasteiger partial charge in [0.15, 0.2) is 5.78 Å². The lowest BCUT2D eigenvalue weighted by Crippen LogP contribution is -2.35. The van der Waals surface area contributed by atoms with E-state index in [1.807, 2.05) is 19.9 Å². The lowest BCUT2D eigenvalue weighted by Gasteiger charge is -2.17. The predicted octanol–water partition coefficient (Wildman–Crippen LogP) is 4.11. The molecular weight excluding hydrogens is 342 g/mol. The van der Waals surface area contributed by atoms with Crippen molar-refractivity contribution >= 4 is 5.78 Å². The number of hydrogen-bond acceptors (Lipinski definition) is 5. The summed E-state index contributed by atoms with van der Waals surface area (Å²) in [5, 5.41) is 13.2. The molecule has 154 valence electrons. The van der Waals surface area contributed by atoms with E-state index in [4.69, 9.17) is 9.47 Å². The van der Waals surface area contributed by atoms with Gasteiger partial charge in [-0.05, 0) is 31.5 Å². The van der Waals surface area contributed by atoms with Crippen molar-refractivity contribution in [3.05, 3.63) is 29.3 Å². The van der Waals surface area contributed by atoms with Crippen LogP contribution in [0.5, 0.6) is 5.75 Å². The van der Waals surface area contributed by atoms with Crippen molar-refractivity contribution in [3.8, 4) is 5.75 Å². The van der Waals surface area contributed by atoms with Gasteiger partial charge in [0.25, 0.3) is 0 Å². The van der Waals surface area contributed by atoms with Crippen molar-refractivity contribution in [1.29, 1.82) is 0 Å². The maximum atomic E-state index is 11.7. The van der Waals surface area contributed by atoms with Gasteiger partial charge in [-0.3, -0.25) is 4.79 Å². The van der Waals surface area contributed by atoms with Gasteiger partial charge in [0.05, 0.1) is 6.61 Å². The molecule has 0 saturated heterocycles. The minimum absolute atomic E-state index is 0.0172. The Morgan fingerprint density at radius 3 is 2.59 bits per heavy atom. The van der Waals surface area contributed by atoms with Gasteiger partial charge in [-0.1, -0.05) is 46.5 Å². The Balaban J connectivity index is 2.56. The maximum absolute atomic E-state index is 11.7. The number of ether oxygens (including phenoxy) is 2. The SMILES string of the molecule is CCCCCCCOCc1cc(C(C)=O)ccc1OCC(O)CNC(C)C. The number of aliphatic hydroxyl groups excluding tert-OH is 1. The molecule has 1 atom stereocenters. The number of carbonyl (C=O) groups excluding carboxylic acids is 1. The van der Waals surface area contributed by atoms with Gasteiger partial charge in [0.1, 0.15) is 18.5 Å². The molecule has 2 N–H and O–H groups in total. The van der Waals surface area contributed by atoms with E-state index in [2.05, 4.69) is 12.2 Å². The first-order valence-electron chi connectivity index (χ1n) is 10.2. The number of nitrogens with one attached hydrogen (secondary N) is 1. The lowest BCUT2D eigenvalue weighted by atomic mass is 10.1. The molecule has 0 heterocycles. The van der Waals surface area contributed by atoms with Gasteiger partial charge in [-0.25, -0.2) is 0 Å². The highest BCUT2D eigenvalue weighted by molar-refractivity contribution is 5.94. The van der Waals surface area contributed by atoms with Crippen LogP contribution in [0.25, 0.3) is 0 Å². The third kappa shape index (κ3) is 10.5. The van der Waals surface area contributed by atoms with Crippen molar-refractivity contribution in [2.45, 2.75) is 78.6 Å². The molecule has 1 rings (SSSR count). The highest BCUT2D eigenvalue weighted by Gasteiger charge is 2.11. The van der Waals surface area contributed by atoms with Gasteiger partial charge < -0.3 is 19.9 Å². The second-order valence-corrected chi connectivity index (χ2v) is 7.37. The zero-order chi connectivity index (χ0) is 20.1. The average Bonchev–Trinajstić information content (AvgIpc) is 2.64. The molecule has 27 heavy (non-hydrogen) atoms. The summed E-state index contributed by atoms with van der Waals surface area (Å²) in [6, 6.07) is 5.69. The van der Waals surface area contributed by atoms with Crippen LogP contribution in [0.1, 0.15) is 75.7 Å². The molecule has 1 aromatic carbocycles. The fourth-order valence-corrected chi connectivity index (χ4v) is 2.66. The van der Waals surface area contributed by atoms with Crippen LogP contribution in [-0.4, -0.2) is 42.8 Å². The molecule has 0 aromatic heterocycles. The topological polar surface area (TPSA) is 67.8 Å². The summed E-state index contributed by atoms with van der Waals surface area (Å²) in [5.74, 6) is 0.679. The van der Waals surface area contributed by atoms with Gasteiger partial charge in [0, 0.05) is 30.3 Å². The number of hydrogen-bond donors (Lipinski definition) is 2. The number of benzene rings is 1. The van der Waals surface area contributed by atoms with E-state index in [9.17, 15) is 9.90 Å². The normalized spacial score (nSPS) is 12.4. The van der Waals surface area contributed by atoms with Crippen molar-refractivity contribution in [1.82, 2.24) is 5.32 Å². The monoisotopic (exact) mass is 379 g/mol. The van der Waals surface area contributed by atoms with Crippen LogP contribution in [0.3, 0.4) is 0 Å². The quantitative estimate of drug-likeness (QED) is 0.354.